The number of nitrogens with one attached hydrogen (secondary N) is 1. The lowest BCUT2D eigenvalue weighted by molar-refractivity contribution is -0.139. The SMILES string of the molecule is CCN(CC(=O)O)C1CC(Nc2ncccc2C(=O)N2CCCCC2)C1. The molecule has 7 nitrogen and oxygen atoms in total. The summed E-state index contributed by atoms with van der Waals surface area (Å²) in [7, 11) is 0. The molecule has 2 N–H and O–H groups in total. The molecule has 1 aliphatic carbocycles. The van der Waals surface area contributed by atoms with Crippen molar-refractivity contribution in [3.8, 4) is 0 Å². The molecule has 1 aliphatic heterocycles. The Morgan fingerprint density at radius 3 is 2.69 bits per heavy atom. The monoisotopic (exact) mass is 360 g/mol. The van der Waals surface area contributed by atoms with E-state index in [9.17, 15) is 9.59 Å². The number of anilines is 1. The van der Waals surface area contributed by atoms with Crippen molar-refractivity contribution in [2.75, 3.05) is 31.5 Å². The first-order chi connectivity index (χ1) is 12.6. The van der Waals surface area contributed by atoms with Crippen molar-refractivity contribution in [2.24, 2.45) is 0 Å². The van der Waals surface area contributed by atoms with E-state index >= 15 is 0 Å². The highest BCUT2D eigenvalue weighted by Crippen LogP contribution is 2.29. The smallest absolute Gasteiger partial charge is 0.317 e. The summed E-state index contributed by atoms with van der Waals surface area (Å²) >= 11 is 0. The Kier molecular flexibility index (Phi) is 6.08. The summed E-state index contributed by atoms with van der Waals surface area (Å²) in [5, 5.41) is 12.4. The summed E-state index contributed by atoms with van der Waals surface area (Å²) in [5.41, 5.74) is 0.635. The van der Waals surface area contributed by atoms with Gasteiger partial charge in [-0.15, -0.1) is 0 Å². The number of carboxylic acid groups (broad SMARTS) is 1. The van der Waals surface area contributed by atoms with Crippen LogP contribution in [0.4, 0.5) is 5.82 Å². The minimum absolute atomic E-state index is 0.0530. The van der Waals surface area contributed by atoms with E-state index in [1.807, 2.05) is 22.8 Å². The van der Waals surface area contributed by atoms with Crippen molar-refractivity contribution < 1.29 is 14.7 Å². The zero-order valence-electron chi connectivity index (χ0n) is 15.4. The van der Waals surface area contributed by atoms with E-state index in [1.54, 1.807) is 12.3 Å². The second-order valence-electron chi connectivity index (χ2n) is 7.18. The maximum Gasteiger partial charge on any atom is 0.317 e. The molecule has 142 valence electrons. The quantitative estimate of drug-likeness (QED) is 0.774. The van der Waals surface area contributed by atoms with E-state index < -0.39 is 5.97 Å². The molecule has 2 fully saturated rings. The first kappa shape index (κ1) is 18.6. The van der Waals surface area contributed by atoms with Crippen molar-refractivity contribution >= 4 is 17.7 Å². The Balaban J connectivity index is 1.59. The summed E-state index contributed by atoms with van der Waals surface area (Å²) in [6.07, 6.45) is 6.76. The summed E-state index contributed by atoms with van der Waals surface area (Å²) in [4.78, 5) is 32.1. The van der Waals surface area contributed by atoms with E-state index in [4.69, 9.17) is 5.11 Å². The second-order valence-corrected chi connectivity index (χ2v) is 7.18. The molecule has 26 heavy (non-hydrogen) atoms. The number of likely N-dealkylation sites (tertiary alicyclic amines) is 1. The minimum Gasteiger partial charge on any atom is -0.480 e. The molecule has 1 saturated carbocycles. The Morgan fingerprint density at radius 1 is 1.31 bits per heavy atom. The molecular formula is C19H28N4O3. The third-order valence-electron chi connectivity index (χ3n) is 5.40. The number of hydrogen-bond acceptors (Lipinski definition) is 5. The number of piperidine rings is 1. The number of amides is 1. The van der Waals surface area contributed by atoms with Crippen LogP contribution in [-0.4, -0.2) is 70.0 Å². The molecule has 0 aromatic carbocycles. The van der Waals surface area contributed by atoms with Gasteiger partial charge in [-0.05, 0) is 50.8 Å². The number of pyridine rings is 1. The average molecular weight is 360 g/mol. The molecule has 2 heterocycles. The van der Waals surface area contributed by atoms with Crippen LogP contribution in [0.25, 0.3) is 0 Å². The predicted molar refractivity (Wildman–Crippen MR) is 99.3 cm³/mol. The average Bonchev–Trinajstić information content (AvgIpc) is 2.63. The van der Waals surface area contributed by atoms with Gasteiger partial charge in [0.05, 0.1) is 12.1 Å². The Labute approximate surface area is 154 Å². The van der Waals surface area contributed by atoms with Gasteiger partial charge in [-0.1, -0.05) is 6.92 Å². The molecule has 0 unspecified atom stereocenters. The highest BCUT2D eigenvalue weighted by atomic mass is 16.4. The van der Waals surface area contributed by atoms with Gasteiger partial charge in [0, 0.05) is 31.4 Å². The summed E-state index contributed by atoms with van der Waals surface area (Å²) < 4.78 is 0. The third-order valence-corrected chi connectivity index (χ3v) is 5.40. The molecule has 3 rings (SSSR count). The molecule has 1 aromatic rings. The molecule has 1 amide bonds. The van der Waals surface area contributed by atoms with Crippen LogP contribution < -0.4 is 5.32 Å². The highest BCUT2D eigenvalue weighted by molar-refractivity contribution is 5.98. The number of carbonyl (C=O) groups is 2. The molecule has 1 aromatic heterocycles. The van der Waals surface area contributed by atoms with Crippen molar-refractivity contribution in [3.05, 3.63) is 23.9 Å². The Hall–Kier alpha value is -2.15. The van der Waals surface area contributed by atoms with E-state index in [-0.39, 0.29) is 24.5 Å². The number of hydrogen-bond donors (Lipinski definition) is 2. The number of rotatable bonds is 7. The standard InChI is InChI=1S/C19H28N4O3/c1-2-22(13-17(24)25)15-11-14(12-15)21-18-16(7-6-8-20-18)19(26)23-9-4-3-5-10-23/h6-8,14-15H,2-5,9-13H2,1H3,(H,20,21)(H,24,25). The predicted octanol–water partition coefficient (Wildman–Crippen LogP) is 2.06. The molecule has 0 atom stereocenters. The molecule has 0 radical (unpaired) electrons. The van der Waals surface area contributed by atoms with E-state index in [0.717, 1.165) is 45.3 Å². The first-order valence-corrected chi connectivity index (χ1v) is 9.55. The molecular weight excluding hydrogens is 332 g/mol. The van der Waals surface area contributed by atoms with E-state index in [1.165, 1.54) is 6.42 Å². The maximum atomic E-state index is 12.8. The van der Waals surface area contributed by atoms with Crippen molar-refractivity contribution in [3.63, 3.8) is 0 Å². The van der Waals surface area contributed by atoms with Crippen LogP contribution in [-0.2, 0) is 4.79 Å². The summed E-state index contributed by atoms with van der Waals surface area (Å²) in [5.74, 6) is -0.0903. The largest absolute Gasteiger partial charge is 0.480 e. The fourth-order valence-corrected chi connectivity index (χ4v) is 3.83. The van der Waals surface area contributed by atoms with Gasteiger partial charge >= 0.3 is 5.97 Å². The summed E-state index contributed by atoms with van der Waals surface area (Å²) in [6.45, 7) is 4.43. The van der Waals surface area contributed by atoms with Crippen molar-refractivity contribution in [2.45, 2.75) is 51.1 Å². The van der Waals surface area contributed by atoms with Crippen molar-refractivity contribution in [1.29, 1.82) is 0 Å². The summed E-state index contributed by atoms with van der Waals surface area (Å²) in [6, 6.07) is 4.15. The highest BCUT2D eigenvalue weighted by Gasteiger charge is 2.34. The van der Waals surface area contributed by atoms with Gasteiger partial charge in [-0.2, -0.15) is 0 Å². The van der Waals surface area contributed by atoms with Crippen LogP contribution in [0.1, 0.15) is 49.4 Å². The van der Waals surface area contributed by atoms with Crippen LogP contribution in [0, 0.1) is 0 Å². The molecule has 1 saturated heterocycles. The normalized spacial score (nSPS) is 22.8. The van der Waals surface area contributed by atoms with Gasteiger partial charge in [0.25, 0.3) is 5.91 Å². The van der Waals surface area contributed by atoms with Crippen LogP contribution in [0.3, 0.4) is 0 Å². The number of carboxylic acids is 1. The Morgan fingerprint density at radius 2 is 2.04 bits per heavy atom. The fraction of sp³-hybridized carbons (Fsp3) is 0.632. The van der Waals surface area contributed by atoms with Gasteiger partial charge in [-0.3, -0.25) is 14.5 Å². The van der Waals surface area contributed by atoms with Crippen LogP contribution >= 0.6 is 0 Å². The number of carbonyl (C=O) groups excluding carboxylic acids is 1. The third kappa shape index (κ3) is 4.33. The van der Waals surface area contributed by atoms with E-state index in [0.29, 0.717) is 11.4 Å². The number of aliphatic carboxylic acids is 1. The van der Waals surface area contributed by atoms with Gasteiger partial charge in [0.15, 0.2) is 0 Å². The zero-order valence-corrected chi connectivity index (χ0v) is 15.4. The lowest BCUT2D eigenvalue weighted by atomic mass is 9.85. The van der Waals surface area contributed by atoms with E-state index in [2.05, 4.69) is 10.3 Å². The van der Waals surface area contributed by atoms with Crippen molar-refractivity contribution in [1.82, 2.24) is 14.8 Å². The van der Waals surface area contributed by atoms with Gasteiger partial charge in [0.1, 0.15) is 5.82 Å². The van der Waals surface area contributed by atoms with Crippen LogP contribution in [0.2, 0.25) is 0 Å². The van der Waals surface area contributed by atoms with Gasteiger partial charge in [0.2, 0.25) is 0 Å². The molecule has 2 aliphatic rings. The number of likely N-dealkylation sites (N-methyl/N-ethyl adjacent to an activating group) is 1. The molecule has 0 spiro atoms. The van der Waals surface area contributed by atoms with Crippen LogP contribution in [0.15, 0.2) is 18.3 Å². The van der Waals surface area contributed by atoms with Gasteiger partial charge in [-0.25, -0.2) is 4.98 Å². The lowest BCUT2D eigenvalue weighted by Gasteiger charge is -2.42. The van der Waals surface area contributed by atoms with Gasteiger partial charge < -0.3 is 15.3 Å². The molecule has 7 heteroatoms. The number of nitrogens with zero attached hydrogens (tertiary/aromatic N) is 3. The second kappa shape index (κ2) is 8.49. The first-order valence-electron chi connectivity index (χ1n) is 9.55. The topological polar surface area (TPSA) is 85.8 Å². The van der Waals surface area contributed by atoms with Crippen LogP contribution in [0.5, 0.6) is 0 Å². The molecule has 0 bridgehead atoms. The zero-order chi connectivity index (χ0) is 18.5. The lowest BCUT2D eigenvalue weighted by Crippen LogP contribution is -2.51. The number of aromatic nitrogens is 1. The Bertz CT molecular complexity index is 639. The maximum absolute atomic E-state index is 12.8. The fourth-order valence-electron chi connectivity index (χ4n) is 3.83. The minimum atomic E-state index is -0.789.